The number of aliphatic hydroxyl groups excluding tert-OH is 1. The maximum atomic E-state index is 13.3. The second-order valence-corrected chi connectivity index (χ2v) is 8.36. The molecule has 0 amide bonds. The van der Waals surface area contributed by atoms with E-state index in [2.05, 4.69) is 0 Å². The maximum absolute atomic E-state index is 13.3. The highest BCUT2D eigenvalue weighted by atomic mass is 16.5. The van der Waals surface area contributed by atoms with Crippen LogP contribution in [0.15, 0.2) is 11.8 Å². The summed E-state index contributed by atoms with van der Waals surface area (Å²) in [6.07, 6.45) is 2.11. The molecular weight excluding hydrogens is 324 g/mol. The van der Waals surface area contributed by atoms with Crippen molar-refractivity contribution in [2.24, 2.45) is 28.6 Å². The lowest BCUT2D eigenvalue weighted by Crippen LogP contribution is -2.69. The number of ether oxygens (including phenoxy) is 2. The van der Waals surface area contributed by atoms with Crippen molar-refractivity contribution < 1.29 is 29.0 Å². The van der Waals surface area contributed by atoms with Crippen LogP contribution in [0.4, 0.5) is 0 Å². The van der Waals surface area contributed by atoms with E-state index in [0.717, 1.165) is 0 Å². The molecule has 2 saturated carbocycles. The summed E-state index contributed by atoms with van der Waals surface area (Å²) in [5, 5.41) is 10.2. The summed E-state index contributed by atoms with van der Waals surface area (Å²) in [4.78, 5) is 38.4. The summed E-state index contributed by atoms with van der Waals surface area (Å²) >= 11 is 0. The molecule has 0 aromatic heterocycles. The quantitative estimate of drug-likeness (QED) is 0.721. The molecule has 0 aromatic rings. The number of ketones is 2. The molecule has 25 heavy (non-hydrogen) atoms. The van der Waals surface area contributed by atoms with Crippen molar-refractivity contribution in [3.05, 3.63) is 11.8 Å². The number of Topliss-reactive ketones (excluding diaryl/α,β-unsaturated/α-hetero) is 2. The molecule has 0 unspecified atom stereocenters. The molecule has 0 spiro atoms. The Balaban J connectivity index is 1.92. The molecule has 0 radical (unpaired) electrons. The predicted octanol–water partition coefficient (Wildman–Crippen LogP) is 1.40. The highest BCUT2D eigenvalue weighted by Crippen LogP contribution is 2.65. The van der Waals surface area contributed by atoms with E-state index in [1.807, 2.05) is 13.8 Å². The van der Waals surface area contributed by atoms with Gasteiger partial charge in [-0.15, -0.1) is 0 Å². The van der Waals surface area contributed by atoms with E-state index < -0.39 is 22.9 Å². The Morgan fingerprint density at radius 3 is 2.64 bits per heavy atom. The van der Waals surface area contributed by atoms with Gasteiger partial charge in [-0.3, -0.25) is 14.4 Å². The van der Waals surface area contributed by atoms with E-state index in [9.17, 15) is 19.5 Å². The Kier molecular flexibility index (Phi) is 3.46. The number of carbonyl (C=O) groups excluding carboxylic acids is 3. The summed E-state index contributed by atoms with van der Waals surface area (Å²) < 4.78 is 11.0. The lowest BCUT2D eigenvalue weighted by atomic mass is 9.41. The summed E-state index contributed by atoms with van der Waals surface area (Å²) in [7, 11) is 1.44. The number of methoxy groups -OCH3 is 1. The Bertz CT molecular complexity index is 696. The number of hydrogen-bond donors (Lipinski definition) is 1. The number of fused-ring (bicyclic) bond motifs is 2. The molecule has 6 heteroatoms. The van der Waals surface area contributed by atoms with Crippen molar-refractivity contribution in [2.75, 3.05) is 7.11 Å². The fraction of sp³-hybridized carbons (Fsp3) is 0.737. The Labute approximate surface area is 146 Å². The van der Waals surface area contributed by atoms with Crippen molar-refractivity contribution in [3.63, 3.8) is 0 Å². The summed E-state index contributed by atoms with van der Waals surface area (Å²) in [5.41, 5.74) is -1.61. The zero-order chi connectivity index (χ0) is 18.1. The molecule has 136 valence electrons. The molecule has 4 rings (SSSR count). The summed E-state index contributed by atoms with van der Waals surface area (Å²) in [5.74, 6) is -1.45. The first-order valence-corrected chi connectivity index (χ1v) is 8.96. The molecule has 6 nitrogen and oxygen atoms in total. The summed E-state index contributed by atoms with van der Waals surface area (Å²) in [6, 6.07) is 0. The second-order valence-electron chi connectivity index (χ2n) is 8.36. The monoisotopic (exact) mass is 348 g/mol. The molecule has 1 saturated heterocycles. The van der Waals surface area contributed by atoms with Crippen LogP contribution in [0.3, 0.4) is 0 Å². The Morgan fingerprint density at radius 1 is 1.24 bits per heavy atom. The first-order valence-electron chi connectivity index (χ1n) is 8.96. The second kappa shape index (κ2) is 5.16. The van der Waals surface area contributed by atoms with E-state index >= 15 is 0 Å². The van der Waals surface area contributed by atoms with Crippen molar-refractivity contribution in [2.45, 2.75) is 51.7 Å². The van der Waals surface area contributed by atoms with Crippen LogP contribution in [0.25, 0.3) is 0 Å². The van der Waals surface area contributed by atoms with Gasteiger partial charge in [0, 0.05) is 22.7 Å². The van der Waals surface area contributed by atoms with Gasteiger partial charge < -0.3 is 14.6 Å². The van der Waals surface area contributed by atoms with Gasteiger partial charge in [0.2, 0.25) is 5.78 Å². The molecule has 4 aliphatic rings. The highest BCUT2D eigenvalue weighted by molar-refractivity contribution is 6.03. The Morgan fingerprint density at radius 2 is 1.96 bits per heavy atom. The van der Waals surface area contributed by atoms with E-state index in [4.69, 9.17) is 9.47 Å². The van der Waals surface area contributed by atoms with Gasteiger partial charge in [0.25, 0.3) is 0 Å². The summed E-state index contributed by atoms with van der Waals surface area (Å²) in [6.45, 7) is 3.77. The zero-order valence-electron chi connectivity index (χ0n) is 14.8. The number of allylic oxidation sites excluding steroid dienone is 2. The molecular formula is C19H24O6. The third kappa shape index (κ3) is 1.92. The molecule has 3 aliphatic carbocycles. The van der Waals surface area contributed by atoms with Crippen LogP contribution in [0.1, 0.15) is 39.5 Å². The molecule has 0 aromatic carbocycles. The lowest BCUT2D eigenvalue weighted by molar-refractivity contribution is -0.218. The normalized spacial score (nSPS) is 48.9. The van der Waals surface area contributed by atoms with E-state index in [-0.39, 0.29) is 47.7 Å². The largest absolute Gasteiger partial charge is 0.493 e. The van der Waals surface area contributed by atoms with Gasteiger partial charge in [-0.05, 0) is 31.3 Å². The molecule has 1 heterocycles. The number of aliphatic hydroxyl groups is 1. The zero-order valence-corrected chi connectivity index (χ0v) is 14.8. The van der Waals surface area contributed by atoms with Crippen molar-refractivity contribution in [3.8, 4) is 0 Å². The van der Waals surface area contributed by atoms with Gasteiger partial charge in [0.05, 0.1) is 13.5 Å². The van der Waals surface area contributed by atoms with Gasteiger partial charge in [0.15, 0.2) is 11.5 Å². The molecule has 1 N–H and O–H groups in total. The van der Waals surface area contributed by atoms with Crippen LogP contribution in [0.5, 0.6) is 0 Å². The number of carbonyl (C=O) groups is 3. The average Bonchev–Trinajstić information content (AvgIpc) is 2.55. The van der Waals surface area contributed by atoms with Crippen LogP contribution >= 0.6 is 0 Å². The van der Waals surface area contributed by atoms with Gasteiger partial charge in [-0.25, -0.2) is 0 Å². The fourth-order valence-corrected chi connectivity index (χ4v) is 6.04. The van der Waals surface area contributed by atoms with Crippen LogP contribution < -0.4 is 0 Å². The van der Waals surface area contributed by atoms with Crippen LogP contribution in [0.2, 0.25) is 0 Å². The van der Waals surface area contributed by atoms with E-state index in [1.54, 1.807) is 6.08 Å². The number of rotatable bonds is 1. The molecule has 7 atom stereocenters. The average molecular weight is 348 g/mol. The number of hydrogen-bond acceptors (Lipinski definition) is 6. The fourth-order valence-electron chi connectivity index (χ4n) is 6.04. The van der Waals surface area contributed by atoms with Crippen molar-refractivity contribution in [1.82, 2.24) is 0 Å². The minimum Gasteiger partial charge on any atom is -0.493 e. The predicted molar refractivity (Wildman–Crippen MR) is 86.1 cm³/mol. The topological polar surface area (TPSA) is 89.9 Å². The minimum atomic E-state index is -1.03. The van der Waals surface area contributed by atoms with E-state index in [1.165, 1.54) is 7.11 Å². The van der Waals surface area contributed by atoms with E-state index in [0.29, 0.717) is 19.3 Å². The maximum Gasteiger partial charge on any atom is 0.306 e. The van der Waals surface area contributed by atoms with Crippen molar-refractivity contribution in [1.29, 1.82) is 0 Å². The molecule has 0 bridgehead atoms. The standard InChI is InChI=1S/C19H24O6/c1-18-10-6-12(24-3)15(22)16(18)19(2)9(4-5-11(20)17(19)23)7-13(18)25-14(21)8-10/h6,9-11,13,16,20H,4-5,7-8H2,1-3H3/t9-,10-,11+,13-,16+,18-,19+/m1/s1. The van der Waals surface area contributed by atoms with Crippen LogP contribution in [-0.2, 0) is 23.9 Å². The van der Waals surface area contributed by atoms with Gasteiger partial charge in [-0.2, -0.15) is 0 Å². The lowest BCUT2D eigenvalue weighted by Gasteiger charge is -2.63. The van der Waals surface area contributed by atoms with Gasteiger partial charge >= 0.3 is 5.97 Å². The third-order valence-corrected chi connectivity index (χ3v) is 7.42. The number of esters is 1. The first kappa shape index (κ1) is 16.8. The van der Waals surface area contributed by atoms with Gasteiger partial charge in [-0.1, -0.05) is 13.8 Å². The van der Waals surface area contributed by atoms with Crippen molar-refractivity contribution >= 4 is 17.5 Å². The first-order chi connectivity index (χ1) is 11.7. The molecule has 1 aliphatic heterocycles. The third-order valence-electron chi connectivity index (χ3n) is 7.42. The molecule has 3 fully saturated rings. The Hall–Kier alpha value is -1.69. The smallest absolute Gasteiger partial charge is 0.306 e. The van der Waals surface area contributed by atoms with Crippen LogP contribution in [0, 0.1) is 28.6 Å². The minimum absolute atomic E-state index is 0.0850. The highest BCUT2D eigenvalue weighted by Gasteiger charge is 2.70. The SMILES string of the molecule is COC1=C[C@@H]2CC(=O)O[C@@H]3C[C@H]4CC[C@H](O)C(=O)[C@]4(C)[C@@H](C1=O)[C@]23C. The van der Waals surface area contributed by atoms with Crippen LogP contribution in [-0.4, -0.2) is 42.0 Å². The van der Waals surface area contributed by atoms with Gasteiger partial charge in [0.1, 0.15) is 12.2 Å².